The maximum Gasteiger partial charge on any atom is 0.0536 e. The fraction of sp³-hybridized carbons (Fsp3) is 1.00. The third-order valence-electron chi connectivity index (χ3n) is 6.24. The highest BCUT2D eigenvalue weighted by molar-refractivity contribution is 6.80. The standard InChI is InChI=1S/C17H36Si2/c1-14-7-9-16(11-14)19(5,6)17-10-8-15(12-17)13-18(2,3)4/h14-17H,7-13H2,1-6H3. The normalized spacial score (nSPS) is 36.9. The first-order chi connectivity index (χ1) is 8.68. The first-order valence-electron chi connectivity index (χ1n) is 8.68. The molecule has 4 unspecified atom stereocenters. The molecular weight excluding hydrogens is 260 g/mol. The van der Waals surface area contributed by atoms with E-state index in [-0.39, 0.29) is 0 Å². The highest BCUT2D eigenvalue weighted by Gasteiger charge is 2.44. The van der Waals surface area contributed by atoms with E-state index in [2.05, 4.69) is 39.7 Å². The van der Waals surface area contributed by atoms with Gasteiger partial charge in [0.1, 0.15) is 0 Å². The van der Waals surface area contributed by atoms with E-state index >= 15 is 0 Å². The predicted molar refractivity (Wildman–Crippen MR) is 93.5 cm³/mol. The van der Waals surface area contributed by atoms with Crippen molar-refractivity contribution in [2.24, 2.45) is 11.8 Å². The zero-order valence-electron chi connectivity index (χ0n) is 14.3. The minimum Gasteiger partial charge on any atom is -0.0695 e. The Morgan fingerprint density at radius 2 is 1.37 bits per heavy atom. The number of hydrogen-bond donors (Lipinski definition) is 0. The van der Waals surface area contributed by atoms with Gasteiger partial charge in [0.15, 0.2) is 0 Å². The molecule has 2 aliphatic carbocycles. The second-order valence-electron chi connectivity index (χ2n) is 9.58. The molecule has 2 saturated carbocycles. The van der Waals surface area contributed by atoms with E-state index in [1.807, 2.05) is 0 Å². The van der Waals surface area contributed by atoms with Gasteiger partial charge in [0.2, 0.25) is 0 Å². The molecule has 2 heteroatoms. The molecule has 2 rings (SSSR count). The first kappa shape index (κ1) is 15.8. The average Bonchev–Trinajstić information content (AvgIpc) is 2.85. The highest BCUT2D eigenvalue weighted by atomic mass is 28.3. The molecule has 112 valence electrons. The van der Waals surface area contributed by atoms with Crippen LogP contribution in [0.15, 0.2) is 0 Å². The summed E-state index contributed by atoms with van der Waals surface area (Å²) in [6, 6.07) is 1.59. The molecule has 0 heterocycles. The van der Waals surface area contributed by atoms with Gasteiger partial charge >= 0.3 is 0 Å². The van der Waals surface area contributed by atoms with Crippen molar-refractivity contribution in [3.8, 4) is 0 Å². The first-order valence-corrected chi connectivity index (χ1v) is 15.5. The monoisotopic (exact) mass is 296 g/mol. The quantitative estimate of drug-likeness (QED) is 0.527. The Kier molecular flexibility index (Phi) is 4.72. The molecule has 19 heavy (non-hydrogen) atoms. The molecule has 2 fully saturated rings. The van der Waals surface area contributed by atoms with Crippen LogP contribution in [0.5, 0.6) is 0 Å². The van der Waals surface area contributed by atoms with Gasteiger partial charge in [-0.1, -0.05) is 84.2 Å². The summed E-state index contributed by atoms with van der Waals surface area (Å²) < 4.78 is 0. The van der Waals surface area contributed by atoms with Gasteiger partial charge in [0.05, 0.1) is 8.07 Å². The van der Waals surface area contributed by atoms with Crippen LogP contribution in [-0.4, -0.2) is 16.1 Å². The van der Waals surface area contributed by atoms with E-state index in [1.165, 1.54) is 6.42 Å². The summed E-state index contributed by atoms with van der Waals surface area (Å²) in [6.45, 7) is 15.6. The zero-order valence-corrected chi connectivity index (χ0v) is 16.3. The molecule has 0 radical (unpaired) electrons. The molecule has 0 saturated heterocycles. The topological polar surface area (TPSA) is 0 Å². The van der Waals surface area contributed by atoms with Gasteiger partial charge in [0.25, 0.3) is 0 Å². The molecule has 2 aliphatic rings. The van der Waals surface area contributed by atoms with Crippen molar-refractivity contribution in [2.75, 3.05) is 0 Å². The lowest BCUT2D eigenvalue weighted by molar-refractivity contribution is 0.594. The van der Waals surface area contributed by atoms with Crippen LogP contribution in [0.1, 0.15) is 45.4 Å². The third-order valence-corrected chi connectivity index (χ3v) is 13.3. The van der Waals surface area contributed by atoms with Crippen LogP contribution < -0.4 is 0 Å². The van der Waals surface area contributed by atoms with Gasteiger partial charge in [-0.2, -0.15) is 0 Å². The van der Waals surface area contributed by atoms with Crippen LogP contribution in [0.25, 0.3) is 0 Å². The van der Waals surface area contributed by atoms with Crippen LogP contribution in [0, 0.1) is 11.8 Å². The summed E-state index contributed by atoms with van der Waals surface area (Å²) in [5.41, 5.74) is 2.31. The molecule has 0 aromatic rings. The highest BCUT2D eigenvalue weighted by Crippen LogP contribution is 2.53. The van der Waals surface area contributed by atoms with Gasteiger partial charge in [-0.15, -0.1) is 0 Å². The maximum atomic E-state index is 2.73. The number of rotatable bonds is 4. The molecule has 4 atom stereocenters. The molecule has 0 aliphatic heterocycles. The van der Waals surface area contributed by atoms with Gasteiger partial charge < -0.3 is 0 Å². The lowest BCUT2D eigenvalue weighted by Crippen LogP contribution is -2.36. The molecular formula is C17H36Si2. The van der Waals surface area contributed by atoms with Crippen LogP contribution in [0.4, 0.5) is 0 Å². The van der Waals surface area contributed by atoms with Crippen molar-refractivity contribution in [1.82, 2.24) is 0 Å². The van der Waals surface area contributed by atoms with Crippen LogP contribution in [-0.2, 0) is 0 Å². The minimum absolute atomic E-state index is 0.838. The molecule has 0 spiro atoms. The second kappa shape index (κ2) is 5.67. The van der Waals surface area contributed by atoms with E-state index < -0.39 is 16.1 Å². The fourth-order valence-electron chi connectivity index (χ4n) is 5.02. The molecule has 0 aromatic carbocycles. The summed E-state index contributed by atoms with van der Waals surface area (Å²) in [5, 5.41) is 0. The van der Waals surface area contributed by atoms with Crippen molar-refractivity contribution < 1.29 is 0 Å². The average molecular weight is 297 g/mol. The minimum atomic E-state index is -0.981. The van der Waals surface area contributed by atoms with Crippen LogP contribution in [0.3, 0.4) is 0 Å². The van der Waals surface area contributed by atoms with Crippen molar-refractivity contribution >= 4 is 16.1 Å². The Morgan fingerprint density at radius 3 is 1.89 bits per heavy atom. The lowest BCUT2D eigenvalue weighted by Gasteiger charge is -2.36. The molecule has 0 N–H and O–H groups in total. The van der Waals surface area contributed by atoms with Crippen molar-refractivity contribution in [3.63, 3.8) is 0 Å². The zero-order chi connectivity index (χ0) is 14.3. The summed E-state index contributed by atoms with van der Waals surface area (Å²) in [7, 11) is -1.82. The van der Waals surface area contributed by atoms with E-state index in [9.17, 15) is 0 Å². The Morgan fingerprint density at radius 1 is 0.789 bits per heavy atom. The predicted octanol–water partition coefficient (Wildman–Crippen LogP) is 6.39. The maximum absolute atomic E-state index is 2.73. The Balaban J connectivity index is 1.92. The lowest BCUT2D eigenvalue weighted by atomic mass is 10.1. The largest absolute Gasteiger partial charge is 0.0695 e. The molecule has 0 aromatic heterocycles. The van der Waals surface area contributed by atoms with Crippen LogP contribution >= 0.6 is 0 Å². The Hall–Kier alpha value is 0.434. The second-order valence-corrected chi connectivity index (χ2v) is 20.4. The van der Waals surface area contributed by atoms with Crippen LogP contribution in [0.2, 0.25) is 49.9 Å². The van der Waals surface area contributed by atoms with Gasteiger partial charge in [-0.25, -0.2) is 0 Å². The molecule has 0 bridgehead atoms. The summed E-state index contributed by atoms with van der Waals surface area (Å²) in [4.78, 5) is 0. The van der Waals surface area contributed by atoms with E-state index in [0.29, 0.717) is 0 Å². The summed E-state index contributed by atoms with van der Waals surface area (Å²) in [6.07, 6.45) is 9.40. The van der Waals surface area contributed by atoms with Gasteiger partial charge in [-0.05, 0) is 22.9 Å². The summed E-state index contributed by atoms with van der Waals surface area (Å²) in [5.74, 6) is 2.12. The van der Waals surface area contributed by atoms with Gasteiger partial charge in [-0.3, -0.25) is 0 Å². The SMILES string of the molecule is CC1CCC([Si](C)(C)C2CCC(C[Si](C)(C)C)C2)C1. The van der Waals surface area contributed by atoms with Crippen molar-refractivity contribution in [2.45, 2.75) is 95.3 Å². The Bertz CT molecular complexity index is 303. The van der Waals surface area contributed by atoms with E-state index in [1.54, 1.807) is 38.1 Å². The molecule has 0 nitrogen and oxygen atoms in total. The van der Waals surface area contributed by atoms with Crippen molar-refractivity contribution in [1.29, 1.82) is 0 Å². The number of hydrogen-bond acceptors (Lipinski definition) is 0. The molecule has 0 amide bonds. The van der Waals surface area contributed by atoms with Gasteiger partial charge in [0, 0.05) is 8.07 Å². The van der Waals surface area contributed by atoms with E-state index in [4.69, 9.17) is 0 Å². The third kappa shape index (κ3) is 3.97. The fourth-order valence-corrected chi connectivity index (χ4v) is 11.6. The summed E-state index contributed by atoms with van der Waals surface area (Å²) >= 11 is 0. The Labute approximate surface area is 123 Å². The van der Waals surface area contributed by atoms with E-state index in [0.717, 1.165) is 22.9 Å². The van der Waals surface area contributed by atoms with Crippen molar-refractivity contribution in [3.05, 3.63) is 0 Å². The smallest absolute Gasteiger partial charge is 0.0536 e.